The van der Waals surface area contributed by atoms with Crippen LogP contribution in [0.5, 0.6) is 5.75 Å². The monoisotopic (exact) mass is 239 g/mol. The number of carbonyl (C=O) groups excluding carboxylic acids is 1. The molecule has 1 aromatic rings. The number of rotatable bonds is 6. The van der Waals surface area contributed by atoms with Gasteiger partial charge in [-0.3, -0.25) is 4.79 Å². The average molecular weight is 239 g/mol. The second-order valence-electron chi connectivity index (χ2n) is 3.63. The lowest BCUT2D eigenvalue weighted by Crippen LogP contribution is -2.34. The van der Waals surface area contributed by atoms with E-state index in [-0.39, 0.29) is 25.5 Å². The minimum Gasteiger partial charge on any atom is -0.496 e. The highest BCUT2D eigenvalue weighted by molar-refractivity contribution is 5.79. The Balaban J connectivity index is 2.50. The van der Waals surface area contributed by atoms with Crippen LogP contribution < -0.4 is 10.1 Å². The van der Waals surface area contributed by atoms with Crippen molar-refractivity contribution in [3.05, 3.63) is 29.8 Å². The maximum Gasteiger partial charge on any atom is 0.224 e. The molecular formula is C12H17NO4. The summed E-state index contributed by atoms with van der Waals surface area (Å²) in [5, 5.41) is 20.2. The molecule has 1 aromatic carbocycles. The molecule has 1 amide bonds. The maximum atomic E-state index is 11.5. The number of carbonyl (C=O) groups is 1. The van der Waals surface area contributed by atoms with Gasteiger partial charge in [0.25, 0.3) is 0 Å². The number of aliphatic hydroxyl groups is 2. The van der Waals surface area contributed by atoms with E-state index in [1.54, 1.807) is 19.2 Å². The van der Waals surface area contributed by atoms with Crippen LogP contribution in [-0.2, 0) is 11.2 Å². The quantitative estimate of drug-likeness (QED) is 0.637. The summed E-state index contributed by atoms with van der Waals surface area (Å²) in [5.74, 6) is 0.437. The van der Waals surface area contributed by atoms with Gasteiger partial charge in [-0.25, -0.2) is 0 Å². The van der Waals surface area contributed by atoms with Crippen molar-refractivity contribution in [2.45, 2.75) is 12.5 Å². The van der Waals surface area contributed by atoms with Crippen LogP contribution in [0.4, 0.5) is 0 Å². The van der Waals surface area contributed by atoms with Gasteiger partial charge in [0.2, 0.25) is 5.91 Å². The molecule has 0 aliphatic rings. The number of amides is 1. The lowest BCUT2D eigenvalue weighted by molar-refractivity contribution is -0.121. The molecule has 0 saturated heterocycles. The number of benzene rings is 1. The fourth-order valence-electron chi connectivity index (χ4n) is 1.38. The van der Waals surface area contributed by atoms with E-state index in [0.29, 0.717) is 5.75 Å². The van der Waals surface area contributed by atoms with Gasteiger partial charge in [-0.2, -0.15) is 0 Å². The van der Waals surface area contributed by atoms with Crippen molar-refractivity contribution in [2.75, 3.05) is 20.3 Å². The molecule has 5 heteroatoms. The first kappa shape index (κ1) is 13.5. The van der Waals surface area contributed by atoms with Crippen molar-refractivity contribution in [1.29, 1.82) is 0 Å². The van der Waals surface area contributed by atoms with Crippen LogP contribution in [0.25, 0.3) is 0 Å². The molecule has 0 aliphatic heterocycles. The average Bonchev–Trinajstić information content (AvgIpc) is 2.36. The van der Waals surface area contributed by atoms with Gasteiger partial charge in [0, 0.05) is 12.1 Å². The molecule has 0 fully saturated rings. The third-order valence-electron chi connectivity index (χ3n) is 2.29. The second-order valence-corrected chi connectivity index (χ2v) is 3.63. The first-order valence-corrected chi connectivity index (χ1v) is 5.35. The molecule has 0 radical (unpaired) electrons. The molecule has 0 saturated carbocycles. The minimum atomic E-state index is -0.920. The van der Waals surface area contributed by atoms with Crippen LogP contribution in [0.3, 0.4) is 0 Å². The van der Waals surface area contributed by atoms with Gasteiger partial charge in [0.1, 0.15) is 5.75 Å². The van der Waals surface area contributed by atoms with E-state index >= 15 is 0 Å². The summed E-state index contributed by atoms with van der Waals surface area (Å²) < 4.78 is 5.12. The highest BCUT2D eigenvalue weighted by atomic mass is 16.5. The molecule has 5 nitrogen and oxygen atoms in total. The number of hydrogen-bond acceptors (Lipinski definition) is 4. The molecule has 0 spiro atoms. The molecule has 17 heavy (non-hydrogen) atoms. The van der Waals surface area contributed by atoms with Crippen molar-refractivity contribution < 1.29 is 19.7 Å². The molecule has 1 rings (SSSR count). The number of para-hydroxylation sites is 1. The van der Waals surface area contributed by atoms with Gasteiger partial charge in [0.05, 0.1) is 26.2 Å². The fourth-order valence-corrected chi connectivity index (χ4v) is 1.38. The van der Waals surface area contributed by atoms with Crippen LogP contribution in [-0.4, -0.2) is 42.5 Å². The lowest BCUT2D eigenvalue weighted by atomic mass is 10.1. The molecule has 94 valence electrons. The predicted octanol–water partition coefficient (Wildman–Crippen LogP) is -0.293. The summed E-state index contributed by atoms with van der Waals surface area (Å²) in [6.07, 6.45) is -0.737. The van der Waals surface area contributed by atoms with Crippen LogP contribution in [0.2, 0.25) is 0 Å². The van der Waals surface area contributed by atoms with E-state index in [1.165, 1.54) is 0 Å². The zero-order valence-corrected chi connectivity index (χ0v) is 9.72. The summed E-state index contributed by atoms with van der Waals surface area (Å²) in [6, 6.07) is 7.25. The first-order valence-electron chi connectivity index (χ1n) is 5.35. The van der Waals surface area contributed by atoms with Crippen LogP contribution in [0.15, 0.2) is 24.3 Å². The second kappa shape index (κ2) is 6.88. The Hall–Kier alpha value is -1.59. The highest BCUT2D eigenvalue weighted by Gasteiger charge is 2.09. The molecule has 0 aromatic heterocycles. The van der Waals surface area contributed by atoms with Gasteiger partial charge >= 0.3 is 0 Å². The molecule has 0 heterocycles. The van der Waals surface area contributed by atoms with E-state index in [2.05, 4.69) is 5.32 Å². The number of methoxy groups -OCH3 is 1. The largest absolute Gasteiger partial charge is 0.496 e. The zero-order valence-electron chi connectivity index (χ0n) is 9.72. The molecule has 1 unspecified atom stereocenters. The van der Waals surface area contributed by atoms with Gasteiger partial charge in [-0.15, -0.1) is 0 Å². The van der Waals surface area contributed by atoms with Gasteiger partial charge in [0.15, 0.2) is 0 Å². The first-order chi connectivity index (χ1) is 8.17. The Morgan fingerprint density at radius 2 is 2.18 bits per heavy atom. The van der Waals surface area contributed by atoms with E-state index in [4.69, 9.17) is 14.9 Å². The van der Waals surface area contributed by atoms with Crippen LogP contribution >= 0.6 is 0 Å². The molecule has 3 N–H and O–H groups in total. The third kappa shape index (κ3) is 4.42. The van der Waals surface area contributed by atoms with Crippen molar-refractivity contribution in [3.63, 3.8) is 0 Å². The number of hydrogen-bond donors (Lipinski definition) is 3. The van der Waals surface area contributed by atoms with E-state index in [1.807, 2.05) is 12.1 Å². The van der Waals surface area contributed by atoms with Gasteiger partial charge < -0.3 is 20.3 Å². The van der Waals surface area contributed by atoms with Gasteiger partial charge in [-0.05, 0) is 6.07 Å². The van der Waals surface area contributed by atoms with E-state index < -0.39 is 6.10 Å². The third-order valence-corrected chi connectivity index (χ3v) is 2.29. The van der Waals surface area contributed by atoms with E-state index in [0.717, 1.165) is 5.56 Å². The Morgan fingerprint density at radius 1 is 1.47 bits per heavy atom. The van der Waals surface area contributed by atoms with Gasteiger partial charge in [-0.1, -0.05) is 18.2 Å². The van der Waals surface area contributed by atoms with Crippen molar-refractivity contribution in [2.24, 2.45) is 0 Å². The smallest absolute Gasteiger partial charge is 0.224 e. The van der Waals surface area contributed by atoms with Crippen molar-refractivity contribution in [1.82, 2.24) is 5.32 Å². The van der Waals surface area contributed by atoms with E-state index in [9.17, 15) is 4.79 Å². The minimum absolute atomic E-state index is 0.0461. The molecular weight excluding hydrogens is 222 g/mol. The Morgan fingerprint density at radius 3 is 2.82 bits per heavy atom. The van der Waals surface area contributed by atoms with Crippen molar-refractivity contribution >= 4 is 5.91 Å². The predicted molar refractivity (Wildman–Crippen MR) is 62.8 cm³/mol. The summed E-state index contributed by atoms with van der Waals surface area (Å²) in [7, 11) is 1.55. The van der Waals surface area contributed by atoms with Crippen molar-refractivity contribution in [3.8, 4) is 5.75 Å². The maximum absolute atomic E-state index is 11.5. The van der Waals surface area contributed by atoms with Crippen LogP contribution in [0, 0.1) is 0 Å². The number of nitrogens with one attached hydrogen (secondary N) is 1. The standard InChI is InChI=1S/C12H17NO4/c1-17-11-5-3-2-4-9(11)6-12(16)13-7-10(15)8-14/h2-5,10,14-15H,6-8H2,1H3,(H,13,16). The summed E-state index contributed by atoms with van der Waals surface area (Å²) in [4.78, 5) is 11.5. The Kier molecular flexibility index (Phi) is 5.45. The zero-order chi connectivity index (χ0) is 12.7. The molecule has 0 aliphatic carbocycles. The Bertz CT molecular complexity index is 367. The fraction of sp³-hybridized carbons (Fsp3) is 0.417. The summed E-state index contributed by atoms with van der Waals surface area (Å²) in [5.41, 5.74) is 0.783. The van der Waals surface area contributed by atoms with Crippen LogP contribution in [0.1, 0.15) is 5.56 Å². The highest BCUT2D eigenvalue weighted by Crippen LogP contribution is 2.17. The number of aliphatic hydroxyl groups excluding tert-OH is 2. The molecule has 0 bridgehead atoms. The SMILES string of the molecule is COc1ccccc1CC(=O)NCC(O)CO. The summed E-state index contributed by atoms with van der Waals surface area (Å²) >= 11 is 0. The summed E-state index contributed by atoms with van der Waals surface area (Å²) in [6.45, 7) is -0.320. The number of ether oxygens (including phenoxy) is 1. The molecule has 1 atom stereocenters. The normalized spacial score (nSPS) is 11.9. The topological polar surface area (TPSA) is 78.8 Å². The Labute approximate surface area is 100 Å². The lowest BCUT2D eigenvalue weighted by Gasteiger charge is -2.10.